The Balaban J connectivity index is 1.65. The van der Waals surface area contributed by atoms with E-state index in [0.717, 1.165) is 25.2 Å². The number of ketones is 1. The van der Waals surface area contributed by atoms with Crippen LogP contribution in [-0.2, 0) is 18.4 Å². The van der Waals surface area contributed by atoms with Crippen molar-refractivity contribution in [1.82, 2.24) is 25.1 Å². The number of carbonyl (C=O) groups is 1. The summed E-state index contributed by atoms with van der Waals surface area (Å²) in [5, 5.41) is 12.0. The van der Waals surface area contributed by atoms with Gasteiger partial charge in [-0.3, -0.25) is 9.69 Å². The molecule has 6 nitrogen and oxygen atoms in total. The van der Waals surface area contributed by atoms with Crippen molar-refractivity contribution >= 4 is 5.78 Å². The van der Waals surface area contributed by atoms with Gasteiger partial charge in [0.05, 0.1) is 7.05 Å². The zero-order chi connectivity index (χ0) is 13.9. The van der Waals surface area contributed by atoms with Gasteiger partial charge in [-0.05, 0) is 10.8 Å². The summed E-state index contributed by atoms with van der Waals surface area (Å²) in [6.07, 6.45) is 1.36. The van der Waals surface area contributed by atoms with Crippen LogP contribution in [0.5, 0.6) is 0 Å². The Morgan fingerprint density at radius 1 is 1.15 bits per heavy atom. The number of rotatable bonds is 3. The number of piperidine rings is 1. The lowest BCUT2D eigenvalue weighted by Crippen LogP contribution is -2.33. The van der Waals surface area contributed by atoms with Crippen LogP contribution in [0, 0.1) is 0 Å². The molecule has 0 amide bonds. The molecule has 3 rings (SSSR count). The molecule has 1 aromatic carbocycles. The first-order valence-corrected chi connectivity index (χ1v) is 6.78. The molecule has 2 aromatic rings. The summed E-state index contributed by atoms with van der Waals surface area (Å²) in [6.45, 7) is 2.63. The van der Waals surface area contributed by atoms with E-state index in [1.807, 2.05) is 12.1 Å². The van der Waals surface area contributed by atoms with E-state index in [-0.39, 0.29) is 0 Å². The minimum Gasteiger partial charge on any atom is -0.300 e. The number of aromatic nitrogens is 4. The molecule has 1 aliphatic rings. The fourth-order valence-corrected chi connectivity index (χ4v) is 2.38. The van der Waals surface area contributed by atoms with Gasteiger partial charge in [-0.15, -0.1) is 10.2 Å². The highest BCUT2D eigenvalue weighted by Gasteiger charge is 2.16. The zero-order valence-electron chi connectivity index (χ0n) is 11.5. The van der Waals surface area contributed by atoms with E-state index >= 15 is 0 Å². The second-order valence-corrected chi connectivity index (χ2v) is 5.11. The quantitative estimate of drug-likeness (QED) is 0.834. The summed E-state index contributed by atoms with van der Waals surface area (Å²) in [6, 6.07) is 8.20. The van der Waals surface area contributed by atoms with Gasteiger partial charge in [0.15, 0.2) is 0 Å². The molecule has 0 N–H and O–H groups in total. The number of hydrogen-bond donors (Lipinski definition) is 0. The number of likely N-dealkylation sites (tertiary alicyclic amines) is 1. The van der Waals surface area contributed by atoms with Gasteiger partial charge in [-0.1, -0.05) is 24.3 Å². The second-order valence-electron chi connectivity index (χ2n) is 5.11. The molecule has 2 heterocycles. The molecule has 1 saturated heterocycles. The number of benzene rings is 1. The standard InChI is InChI=1S/C14H17N5O/c1-18-16-14(15-17-18)12-4-2-11(3-5-12)10-19-8-6-13(20)7-9-19/h2-5H,6-10H2,1H3. The van der Waals surface area contributed by atoms with Crippen molar-refractivity contribution in [1.29, 1.82) is 0 Å². The molecule has 0 radical (unpaired) electrons. The number of tetrazole rings is 1. The summed E-state index contributed by atoms with van der Waals surface area (Å²) >= 11 is 0. The summed E-state index contributed by atoms with van der Waals surface area (Å²) in [4.78, 5) is 15.0. The highest BCUT2D eigenvalue weighted by molar-refractivity contribution is 5.79. The van der Waals surface area contributed by atoms with Crippen LogP contribution in [0.1, 0.15) is 18.4 Å². The topological polar surface area (TPSA) is 63.9 Å². The van der Waals surface area contributed by atoms with Crippen LogP contribution in [0.25, 0.3) is 11.4 Å². The smallest absolute Gasteiger partial charge is 0.204 e. The van der Waals surface area contributed by atoms with Crippen molar-refractivity contribution in [3.8, 4) is 11.4 Å². The van der Waals surface area contributed by atoms with Gasteiger partial charge in [0.1, 0.15) is 5.78 Å². The maximum Gasteiger partial charge on any atom is 0.204 e. The summed E-state index contributed by atoms with van der Waals surface area (Å²) < 4.78 is 0. The van der Waals surface area contributed by atoms with E-state index in [4.69, 9.17) is 0 Å². The van der Waals surface area contributed by atoms with E-state index in [1.165, 1.54) is 10.4 Å². The largest absolute Gasteiger partial charge is 0.300 e. The molecule has 0 unspecified atom stereocenters. The number of nitrogens with zero attached hydrogens (tertiary/aromatic N) is 5. The predicted molar refractivity (Wildman–Crippen MR) is 73.8 cm³/mol. The van der Waals surface area contributed by atoms with E-state index in [2.05, 4.69) is 32.4 Å². The molecular formula is C14H17N5O. The van der Waals surface area contributed by atoms with Crippen LogP contribution in [0.2, 0.25) is 0 Å². The molecule has 104 valence electrons. The van der Waals surface area contributed by atoms with Gasteiger partial charge < -0.3 is 0 Å². The maximum absolute atomic E-state index is 11.2. The minimum absolute atomic E-state index is 0.380. The Kier molecular flexibility index (Phi) is 3.56. The molecule has 0 atom stereocenters. The summed E-state index contributed by atoms with van der Waals surface area (Å²) in [5.41, 5.74) is 2.21. The van der Waals surface area contributed by atoms with Crippen molar-refractivity contribution in [3.05, 3.63) is 29.8 Å². The van der Waals surface area contributed by atoms with E-state index in [1.54, 1.807) is 7.05 Å². The molecule has 1 fully saturated rings. The average molecular weight is 271 g/mol. The third-order valence-corrected chi connectivity index (χ3v) is 3.54. The monoisotopic (exact) mass is 271 g/mol. The highest BCUT2D eigenvalue weighted by Crippen LogP contribution is 2.16. The molecule has 1 aromatic heterocycles. The van der Waals surface area contributed by atoms with E-state index in [9.17, 15) is 4.79 Å². The lowest BCUT2D eigenvalue weighted by molar-refractivity contribution is -0.121. The number of aryl methyl sites for hydroxylation is 1. The second kappa shape index (κ2) is 5.50. The van der Waals surface area contributed by atoms with Crippen LogP contribution in [0.4, 0.5) is 0 Å². The van der Waals surface area contributed by atoms with E-state index in [0.29, 0.717) is 24.4 Å². The van der Waals surface area contributed by atoms with E-state index < -0.39 is 0 Å². The Bertz CT molecular complexity index is 594. The molecule has 0 aliphatic carbocycles. The molecule has 0 bridgehead atoms. The number of carbonyl (C=O) groups excluding carboxylic acids is 1. The Morgan fingerprint density at radius 3 is 2.45 bits per heavy atom. The first kappa shape index (κ1) is 12.9. The van der Waals surface area contributed by atoms with Crippen LogP contribution in [0.3, 0.4) is 0 Å². The molecule has 1 aliphatic heterocycles. The fourth-order valence-electron chi connectivity index (χ4n) is 2.38. The van der Waals surface area contributed by atoms with Gasteiger partial charge in [0.25, 0.3) is 0 Å². The van der Waals surface area contributed by atoms with Crippen molar-refractivity contribution < 1.29 is 4.79 Å². The summed E-state index contributed by atoms with van der Waals surface area (Å²) in [7, 11) is 1.75. The SMILES string of the molecule is Cn1nnc(-c2ccc(CN3CCC(=O)CC3)cc2)n1. The molecular weight excluding hydrogens is 254 g/mol. The van der Waals surface area contributed by atoms with Crippen molar-refractivity contribution in [2.45, 2.75) is 19.4 Å². The zero-order valence-corrected chi connectivity index (χ0v) is 11.5. The molecule has 0 spiro atoms. The van der Waals surface area contributed by atoms with Gasteiger partial charge in [0.2, 0.25) is 5.82 Å². The molecule has 6 heteroatoms. The van der Waals surface area contributed by atoms with Crippen molar-refractivity contribution in [2.24, 2.45) is 7.05 Å². The number of hydrogen-bond acceptors (Lipinski definition) is 5. The highest BCUT2D eigenvalue weighted by atomic mass is 16.1. The van der Waals surface area contributed by atoms with Gasteiger partial charge >= 0.3 is 0 Å². The molecule has 0 saturated carbocycles. The van der Waals surface area contributed by atoms with Gasteiger partial charge in [0, 0.05) is 38.0 Å². The van der Waals surface area contributed by atoms with Crippen LogP contribution < -0.4 is 0 Å². The first-order valence-electron chi connectivity index (χ1n) is 6.78. The molecule has 20 heavy (non-hydrogen) atoms. The predicted octanol–water partition coefficient (Wildman–Crippen LogP) is 1.04. The Morgan fingerprint density at radius 2 is 1.85 bits per heavy atom. The lowest BCUT2D eigenvalue weighted by atomic mass is 10.1. The van der Waals surface area contributed by atoms with Crippen LogP contribution in [-0.4, -0.2) is 44.0 Å². The third-order valence-electron chi connectivity index (χ3n) is 3.54. The lowest BCUT2D eigenvalue weighted by Gasteiger charge is -2.25. The minimum atomic E-state index is 0.380. The maximum atomic E-state index is 11.2. The Labute approximate surface area is 117 Å². The van der Waals surface area contributed by atoms with Crippen LogP contribution >= 0.6 is 0 Å². The summed E-state index contributed by atoms with van der Waals surface area (Å²) in [5.74, 6) is 1.02. The van der Waals surface area contributed by atoms with Crippen molar-refractivity contribution in [2.75, 3.05) is 13.1 Å². The number of Topliss-reactive ketones (excluding diaryl/α,β-unsaturated/α-hetero) is 1. The normalized spacial score (nSPS) is 16.6. The van der Waals surface area contributed by atoms with Crippen LogP contribution in [0.15, 0.2) is 24.3 Å². The average Bonchev–Trinajstić information content (AvgIpc) is 2.89. The van der Waals surface area contributed by atoms with Crippen molar-refractivity contribution in [3.63, 3.8) is 0 Å². The van der Waals surface area contributed by atoms with Gasteiger partial charge in [-0.25, -0.2) is 0 Å². The van der Waals surface area contributed by atoms with Gasteiger partial charge in [-0.2, -0.15) is 4.80 Å². The first-order chi connectivity index (χ1) is 9.70. The Hall–Kier alpha value is -2.08. The third kappa shape index (κ3) is 2.91. The fraction of sp³-hybridized carbons (Fsp3) is 0.429.